The summed E-state index contributed by atoms with van der Waals surface area (Å²) in [6.45, 7) is 4.18. The van der Waals surface area contributed by atoms with Gasteiger partial charge >= 0.3 is 0 Å². The molecule has 1 aromatic carbocycles. The van der Waals surface area contributed by atoms with Crippen molar-refractivity contribution in [1.82, 2.24) is 9.47 Å². The van der Waals surface area contributed by atoms with E-state index in [1.165, 1.54) is 0 Å². The van der Waals surface area contributed by atoms with Gasteiger partial charge in [0.15, 0.2) is 0 Å². The molecular formula is C18H23N3O3. The third-order valence-corrected chi connectivity index (χ3v) is 4.40. The molecule has 0 spiro atoms. The van der Waals surface area contributed by atoms with Gasteiger partial charge in [-0.15, -0.1) is 0 Å². The number of amides is 2. The Hall–Kier alpha value is -2.34. The minimum Gasteiger partial charge on any atom is -0.377 e. The highest BCUT2D eigenvalue weighted by Gasteiger charge is 2.31. The molecule has 3 rings (SSSR count). The van der Waals surface area contributed by atoms with Gasteiger partial charge in [0.05, 0.1) is 19.3 Å². The Morgan fingerprint density at radius 3 is 2.88 bits per heavy atom. The minimum absolute atomic E-state index is 0.0609. The number of nitrogens with two attached hydrogens (primary N) is 1. The third-order valence-electron chi connectivity index (χ3n) is 4.40. The number of carbonyl (C=O) groups is 2. The second-order valence-corrected chi connectivity index (χ2v) is 6.14. The maximum atomic E-state index is 13.2. The molecule has 1 aliphatic heterocycles. The van der Waals surface area contributed by atoms with Crippen LogP contribution < -0.4 is 5.73 Å². The lowest BCUT2D eigenvalue weighted by atomic mass is 10.1. The number of nitrogens with zero attached hydrogens (tertiary/aromatic N) is 2. The van der Waals surface area contributed by atoms with E-state index in [-0.39, 0.29) is 18.4 Å². The quantitative estimate of drug-likeness (QED) is 0.908. The largest absolute Gasteiger partial charge is 0.377 e. The lowest BCUT2D eigenvalue weighted by Gasteiger charge is -2.35. The zero-order valence-electron chi connectivity index (χ0n) is 13.9. The van der Waals surface area contributed by atoms with Gasteiger partial charge in [-0.25, -0.2) is 0 Å². The normalized spacial score (nSPS) is 18.0. The number of morpholine rings is 1. The van der Waals surface area contributed by atoms with Crippen LogP contribution in [0.15, 0.2) is 30.3 Å². The number of hydrogen-bond donors (Lipinski definition) is 1. The van der Waals surface area contributed by atoms with Crippen LogP contribution in [0.5, 0.6) is 0 Å². The molecule has 1 atom stereocenters. The first-order valence-corrected chi connectivity index (χ1v) is 8.37. The van der Waals surface area contributed by atoms with E-state index in [1.54, 1.807) is 4.90 Å². The van der Waals surface area contributed by atoms with Gasteiger partial charge < -0.3 is 19.9 Å². The summed E-state index contributed by atoms with van der Waals surface area (Å²) in [5.41, 5.74) is 7.04. The van der Waals surface area contributed by atoms with Crippen LogP contribution in [0.25, 0.3) is 10.9 Å². The Bertz CT molecular complexity index is 753. The number of hydrogen-bond acceptors (Lipinski definition) is 3. The SMILES string of the molecule is CCCn1c(C(=O)N2CCOCC2CC(N)=O)cc2ccccc21. The fourth-order valence-corrected chi connectivity index (χ4v) is 3.32. The van der Waals surface area contributed by atoms with Crippen LogP contribution in [0.1, 0.15) is 30.3 Å². The molecule has 1 aliphatic rings. The molecule has 2 amide bonds. The van der Waals surface area contributed by atoms with E-state index in [4.69, 9.17) is 10.5 Å². The number of carbonyl (C=O) groups excluding carboxylic acids is 2. The molecule has 1 unspecified atom stereocenters. The molecular weight excluding hydrogens is 306 g/mol. The van der Waals surface area contributed by atoms with E-state index in [2.05, 4.69) is 11.5 Å². The van der Waals surface area contributed by atoms with Crippen LogP contribution in [0.2, 0.25) is 0 Å². The first kappa shape index (κ1) is 16.5. The van der Waals surface area contributed by atoms with Crippen molar-refractivity contribution in [1.29, 1.82) is 0 Å². The zero-order valence-corrected chi connectivity index (χ0v) is 13.9. The summed E-state index contributed by atoms with van der Waals surface area (Å²) in [5, 5.41) is 1.05. The van der Waals surface area contributed by atoms with Gasteiger partial charge in [0, 0.05) is 30.4 Å². The molecule has 1 fully saturated rings. The van der Waals surface area contributed by atoms with E-state index in [1.807, 2.05) is 30.3 Å². The van der Waals surface area contributed by atoms with Gasteiger partial charge in [0.25, 0.3) is 5.91 Å². The third kappa shape index (κ3) is 3.14. The average molecular weight is 329 g/mol. The summed E-state index contributed by atoms with van der Waals surface area (Å²) in [5.74, 6) is -0.480. The summed E-state index contributed by atoms with van der Waals surface area (Å²) in [6, 6.07) is 9.63. The Labute approximate surface area is 141 Å². The van der Waals surface area contributed by atoms with E-state index < -0.39 is 5.91 Å². The smallest absolute Gasteiger partial charge is 0.270 e. The van der Waals surface area contributed by atoms with Gasteiger partial charge in [0.2, 0.25) is 5.91 Å². The summed E-state index contributed by atoms with van der Waals surface area (Å²) < 4.78 is 7.49. The van der Waals surface area contributed by atoms with E-state index in [0.29, 0.717) is 25.5 Å². The molecule has 24 heavy (non-hydrogen) atoms. The number of primary amides is 1. The number of aromatic nitrogens is 1. The molecule has 2 aromatic rings. The van der Waals surface area contributed by atoms with Gasteiger partial charge in [-0.05, 0) is 18.6 Å². The fourth-order valence-electron chi connectivity index (χ4n) is 3.32. The van der Waals surface area contributed by atoms with Gasteiger partial charge in [-0.3, -0.25) is 9.59 Å². The fraction of sp³-hybridized carbons (Fsp3) is 0.444. The van der Waals surface area contributed by atoms with Crippen LogP contribution in [0.4, 0.5) is 0 Å². The second-order valence-electron chi connectivity index (χ2n) is 6.14. The summed E-state index contributed by atoms with van der Waals surface area (Å²) in [6.07, 6.45) is 1.06. The van der Waals surface area contributed by atoms with Gasteiger partial charge in [-0.1, -0.05) is 25.1 Å². The maximum Gasteiger partial charge on any atom is 0.270 e. The van der Waals surface area contributed by atoms with Crippen molar-refractivity contribution in [2.75, 3.05) is 19.8 Å². The van der Waals surface area contributed by atoms with Crippen molar-refractivity contribution >= 4 is 22.7 Å². The highest BCUT2D eigenvalue weighted by molar-refractivity contribution is 5.99. The number of ether oxygens (including phenoxy) is 1. The van der Waals surface area contributed by atoms with Crippen molar-refractivity contribution in [3.63, 3.8) is 0 Å². The second kappa shape index (κ2) is 7.05. The van der Waals surface area contributed by atoms with Crippen LogP contribution in [0.3, 0.4) is 0 Å². The molecule has 1 aromatic heterocycles. The molecule has 2 N–H and O–H groups in total. The van der Waals surface area contributed by atoms with Crippen LogP contribution in [-0.4, -0.2) is 47.1 Å². The Balaban J connectivity index is 1.97. The number of benzene rings is 1. The lowest BCUT2D eigenvalue weighted by Crippen LogP contribution is -2.50. The van der Waals surface area contributed by atoms with Crippen molar-refractivity contribution in [3.05, 3.63) is 36.0 Å². The number of para-hydroxylation sites is 1. The molecule has 6 heteroatoms. The molecule has 0 bridgehead atoms. The zero-order chi connectivity index (χ0) is 17.1. The Morgan fingerprint density at radius 1 is 1.33 bits per heavy atom. The minimum atomic E-state index is -0.419. The van der Waals surface area contributed by atoms with Crippen LogP contribution in [0, 0.1) is 0 Å². The van der Waals surface area contributed by atoms with Gasteiger partial charge in [0.1, 0.15) is 5.69 Å². The standard InChI is InChI=1S/C18H23N3O3/c1-2-7-21-15-6-4-3-5-13(15)10-16(21)18(23)20-8-9-24-12-14(20)11-17(19)22/h3-6,10,14H,2,7-9,11-12H2,1H3,(H2,19,22). The molecule has 2 heterocycles. The van der Waals surface area contributed by atoms with Crippen molar-refractivity contribution in [3.8, 4) is 0 Å². The topological polar surface area (TPSA) is 77.6 Å². The molecule has 0 radical (unpaired) electrons. The highest BCUT2D eigenvalue weighted by Crippen LogP contribution is 2.23. The Morgan fingerprint density at radius 2 is 2.12 bits per heavy atom. The van der Waals surface area contributed by atoms with Gasteiger partial charge in [-0.2, -0.15) is 0 Å². The van der Waals surface area contributed by atoms with E-state index in [9.17, 15) is 9.59 Å². The van der Waals surface area contributed by atoms with E-state index >= 15 is 0 Å². The summed E-state index contributed by atoms with van der Waals surface area (Å²) >= 11 is 0. The summed E-state index contributed by atoms with van der Waals surface area (Å²) in [7, 11) is 0. The molecule has 128 valence electrons. The number of fused-ring (bicyclic) bond motifs is 1. The molecule has 0 saturated carbocycles. The van der Waals surface area contributed by atoms with Crippen molar-refractivity contribution < 1.29 is 14.3 Å². The number of aryl methyl sites for hydroxylation is 1. The van der Waals surface area contributed by atoms with Crippen LogP contribution >= 0.6 is 0 Å². The monoisotopic (exact) mass is 329 g/mol. The van der Waals surface area contributed by atoms with Crippen molar-refractivity contribution in [2.24, 2.45) is 5.73 Å². The number of rotatable bonds is 5. The average Bonchev–Trinajstić information content (AvgIpc) is 2.93. The first-order valence-electron chi connectivity index (χ1n) is 8.37. The Kier molecular flexibility index (Phi) is 4.85. The predicted octanol–water partition coefficient (Wildman–Crippen LogP) is 1.77. The lowest BCUT2D eigenvalue weighted by molar-refractivity contribution is -0.120. The maximum absolute atomic E-state index is 13.2. The highest BCUT2D eigenvalue weighted by atomic mass is 16.5. The summed E-state index contributed by atoms with van der Waals surface area (Å²) in [4.78, 5) is 26.2. The van der Waals surface area contributed by atoms with Crippen LogP contribution in [-0.2, 0) is 16.1 Å². The molecule has 6 nitrogen and oxygen atoms in total. The first-order chi connectivity index (χ1) is 11.6. The van der Waals surface area contributed by atoms with Crippen molar-refractivity contribution in [2.45, 2.75) is 32.4 Å². The molecule has 1 saturated heterocycles. The predicted molar refractivity (Wildman–Crippen MR) is 91.7 cm³/mol. The van der Waals surface area contributed by atoms with E-state index in [0.717, 1.165) is 23.9 Å². The molecule has 0 aliphatic carbocycles.